The fraction of sp³-hybridized carbons (Fsp3) is 1.00. The molecule has 1 heterocycles. The van der Waals surface area contributed by atoms with Crippen LogP contribution in [-0.4, -0.2) is 42.8 Å². The maximum absolute atomic E-state index is 12.1. The van der Waals surface area contributed by atoms with E-state index in [0.29, 0.717) is 18.6 Å². The molecule has 0 aromatic rings. The highest BCUT2D eigenvalue weighted by atomic mass is 19.4. The highest BCUT2D eigenvalue weighted by molar-refractivity contribution is 4.75. The molecule has 0 radical (unpaired) electrons. The molecule has 2 unspecified atom stereocenters. The van der Waals surface area contributed by atoms with E-state index in [1.807, 2.05) is 0 Å². The quantitative estimate of drug-likeness (QED) is 0.831. The van der Waals surface area contributed by atoms with Crippen molar-refractivity contribution in [2.24, 2.45) is 0 Å². The third-order valence-corrected chi connectivity index (χ3v) is 3.26. The number of hydrogen-bond acceptors (Lipinski definition) is 2. The van der Waals surface area contributed by atoms with Crippen molar-refractivity contribution >= 4 is 0 Å². The average molecular weight is 252 g/mol. The van der Waals surface area contributed by atoms with Gasteiger partial charge in [0.25, 0.3) is 0 Å². The smallest absolute Gasteiger partial charge is 0.312 e. The monoisotopic (exact) mass is 252 g/mol. The van der Waals surface area contributed by atoms with Gasteiger partial charge in [0.1, 0.15) is 0 Å². The van der Waals surface area contributed by atoms with Gasteiger partial charge in [-0.1, -0.05) is 0 Å². The van der Waals surface area contributed by atoms with Gasteiger partial charge in [-0.05, 0) is 52.7 Å². The van der Waals surface area contributed by atoms with E-state index in [1.165, 1.54) is 0 Å². The van der Waals surface area contributed by atoms with Crippen LogP contribution in [0.1, 0.15) is 39.5 Å². The summed E-state index contributed by atoms with van der Waals surface area (Å²) in [5, 5.41) is 3.48. The summed E-state index contributed by atoms with van der Waals surface area (Å²) >= 11 is 0. The van der Waals surface area contributed by atoms with Crippen LogP contribution >= 0.6 is 0 Å². The molecular formula is C12H23F3N2. The number of alkyl halides is 3. The van der Waals surface area contributed by atoms with Gasteiger partial charge in [-0.2, -0.15) is 13.2 Å². The molecule has 2 nitrogen and oxygen atoms in total. The summed E-state index contributed by atoms with van der Waals surface area (Å²) in [6.07, 6.45) is -2.43. The zero-order valence-electron chi connectivity index (χ0n) is 10.7. The van der Waals surface area contributed by atoms with Crippen LogP contribution in [0.25, 0.3) is 0 Å². The standard InChI is InChI=1S/C12H23F3N2/c1-10-4-8-17(9-5-11(2)16-10)7-3-6-12(13,14)15/h10-11,16H,3-9H2,1-2H3. The largest absolute Gasteiger partial charge is 0.389 e. The van der Waals surface area contributed by atoms with Gasteiger partial charge < -0.3 is 10.2 Å². The number of rotatable bonds is 3. The molecule has 0 aromatic heterocycles. The van der Waals surface area contributed by atoms with Crippen LogP contribution in [0.15, 0.2) is 0 Å². The van der Waals surface area contributed by atoms with Gasteiger partial charge in [0.05, 0.1) is 0 Å². The van der Waals surface area contributed by atoms with Gasteiger partial charge in [0, 0.05) is 18.5 Å². The lowest BCUT2D eigenvalue weighted by Crippen LogP contribution is -2.43. The number of nitrogens with zero attached hydrogens (tertiary/aromatic N) is 1. The molecule has 5 heteroatoms. The Kier molecular flexibility index (Phi) is 5.73. The average Bonchev–Trinajstić information content (AvgIpc) is 2.17. The predicted octanol–water partition coefficient (Wildman–Crippen LogP) is 2.79. The third-order valence-electron chi connectivity index (χ3n) is 3.26. The topological polar surface area (TPSA) is 15.3 Å². The minimum Gasteiger partial charge on any atom is -0.312 e. The van der Waals surface area contributed by atoms with Crippen molar-refractivity contribution in [2.45, 2.75) is 57.8 Å². The van der Waals surface area contributed by atoms with E-state index in [2.05, 4.69) is 24.1 Å². The van der Waals surface area contributed by atoms with Crippen LogP contribution in [0, 0.1) is 0 Å². The van der Waals surface area contributed by atoms with E-state index in [4.69, 9.17) is 0 Å². The van der Waals surface area contributed by atoms with Crippen LogP contribution in [0.4, 0.5) is 13.2 Å². The maximum Gasteiger partial charge on any atom is 0.389 e. The molecule has 102 valence electrons. The minimum absolute atomic E-state index is 0.222. The molecule has 1 aliphatic heterocycles. The first kappa shape index (κ1) is 14.8. The first-order chi connectivity index (χ1) is 7.87. The molecule has 0 aliphatic carbocycles. The summed E-state index contributed by atoms with van der Waals surface area (Å²) in [6, 6.07) is 0.908. The van der Waals surface area contributed by atoms with Crippen molar-refractivity contribution in [2.75, 3.05) is 19.6 Å². The van der Waals surface area contributed by atoms with E-state index in [9.17, 15) is 13.2 Å². The summed E-state index contributed by atoms with van der Waals surface area (Å²) in [6.45, 7) is 6.64. The van der Waals surface area contributed by atoms with Crippen molar-refractivity contribution in [3.8, 4) is 0 Å². The molecular weight excluding hydrogens is 229 g/mol. The SMILES string of the molecule is CC1CCN(CCCC(F)(F)F)CCC(C)N1. The van der Waals surface area contributed by atoms with Crippen molar-refractivity contribution in [1.82, 2.24) is 10.2 Å². The lowest BCUT2D eigenvalue weighted by molar-refractivity contribution is -0.136. The molecule has 1 rings (SSSR count). The lowest BCUT2D eigenvalue weighted by Gasteiger charge is -2.30. The molecule has 0 aromatic carbocycles. The molecule has 1 N–H and O–H groups in total. The van der Waals surface area contributed by atoms with Crippen LogP contribution in [0.5, 0.6) is 0 Å². The highest BCUT2D eigenvalue weighted by Crippen LogP contribution is 2.21. The van der Waals surface area contributed by atoms with Gasteiger partial charge in [-0.3, -0.25) is 0 Å². The molecule has 0 saturated carbocycles. The molecule has 0 spiro atoms. The molecule has 1 saturated heterocycles. The Morgan fingerprint density at radius 3 is 2.12 bits per heavy atom. The Labute approximate surface area is 102 Å². The molecule has 0 bridgehead atoms. The van der Waals surface area contributed by atoms with Gasteiger partial charge in [-0.15, -0.1) is 0 Å². The zero-order chi connectivity index (χ0) is 12.9. The van der Waals surface area contributed by atoms with Crippen LogP contribution in [0.3, 0.4) is 0 Å². The lowest BCUT2D eigenvalue weighted by atomic mass is 10.1. The Morgan fingerprint density at radius 1 is 1.12 bits per heavy atom. The van der Waals surface area contributed by atoms with Gasteiger partial charge in [0.15, 0.2) is 0 Å². The number of halogens is 3. The molecule has 0 amide bonds. The van der Waals surface area contributed by atoms with E-state index >= 15 is 0 Å². The highest BCUT2D eigenvalue weighted by Gasteiger charge is 2.26. The molecule has 1 aliphatic rings. The van der Waals surface area contributed by atoms with Gasteiger partial charge in [0.2, 0.25) is 0 Å². The van der Waals surface area contributed by atoms with Gasteiger partial charge in [-0.25, -0.2) is 0 Å². The van der Waals surface area contributed by atoms with Crippen LogP contribution in [0.2, 0.25) is 0 Å². The summed E-state index contributed by atoms with van der Waals surface area (Å²) in [7, 11) is 0. The maximum atomic E-state index is 12.1. The Hall–Kier alpha value is -0.290. The predicted molar refractivity (Wildman–Crippen MR) is 63.0 cm³/mol. The van der Waals surface area contributed by atoms with E-state index in [0.717, 1.165) is 25.9 Å². The fourth-order valence-corrected chi connectivity index (χ4v) is 2.24. The third kappa shape index (κ3) is 6.88. The number of nitrogens with one attached hydrogen (secondary N) is 1. The van der Waals surface area contributed by atoms with Crippen molar-refractivity contribution < 1.29 is 13.2 Å². The summed E-state index contributed by atoms with van der Waals surface area (Å²) < 4.78 is 36.2. The first-order valence-electron chi connectivity index (χ1n) is 6.42. The second-order valence-corrected chi connectivity index (χ2v) is 5.11. The molecule has 17 heavy (non-hydrogen) atoms. The normalized spacial score (nSPS) is 28.8. The summed E-state index contributed by atoms with van der Waals surface area (Å²) in [5.74, 6) is 0. The Balaban J connectivity index is 2.27. The van der Waals surface area contributed by atoms with E-state index in [1.54, 1.807) is 0 Å². The van der Waals surface area contributed by atoms with Crippen LogP contribution < -0.4 is 5.32 Å². The fourth-order valence-electron chi connectivity index (χ4n) is 2.24. The first-order valence-corrected chi connectivity index (χ1v) is 6.42. The molecule has 1 fully saturated rings. The summed E-state index contributed by atoms with van der Waals surface area (Å²) in [5.41, 5.74) is 0. The Bertz CT molecular complexity index is 206. The minimum atomic E-state index is -4.01. The second kappa shape index (κ2) is 6.59. The van der Waals surface area contributed by atoms with Crippen molar-refractivity contribution in [1.29, 1.82) is 0 Å². The van der Waals surface area contributed by atoms with E-state index < -0.39 is 12.6 Å². The van der Waals surface area contributed by atoms with Crippen molar-refractivity contribution in [3.05, 3.63) is 0 Å². The summed E-state index contributed by atoms with van der Waals surface area (Å²) in [4.78, 5) is 2.17. The van der Waals surface area contributed by atoms with E-state index in [-0.39, 0.29) is 6.42 Å². The molecule has 2 atom stereocenters. The van der Waals surface area contributed by atoms with Crippen molar-refractivity contribution in [3.63, 3.8) is 0 Å². The Morgan fingerprint density at radius 2 is 1.65 bits per heavy atom. The van der Waals surface area contributed by atoms with Gasteiger partial charge >= 0.3 is 6.18 Å². The van der Waals surface area contributed by atoms with Crippen LogP contribution in [-0.2, 0) is 0 Å². The zero-order valence-corrected chi connectivity index (χ0v) is 10.7. The second-order valence-electron chi connectivity index (χ2n) is 5.11. The number of hydrogen-bond donors (Lipinski definition) is 1.